The lowest BCUT2D eigenvalue weighted by atomic mass is 10.2. The van der Waals surface area contributed by atoms with Crippen LogP contribution in [0.5, 0.6) is 0 Å². The Morgan fingerprint density at radius 3 is 2.92 bits per heavy atom. The molecule has 3 heteroatoms. The minimum absolute atomic E-state index is 0.000000000000000222. The van der Waals surface area contributed by atoms with Gasteiger partial charge in [0.2, 0.25) is 0 Å². The second kappa shape index (κ2) is 2.88. The quantitative estimate of drug-likeness (QED) is 0.629. The van der Waals surface area contributed by atoms with Gasteiger partial charge in [-0.15, -0.1) is 0 Å². The highest BCUT2D eigenvalue weighted by Crippen LogP contribution is 2.32. The highest BCUT2D eigenvalue weighted by molar-refractivity contribution is 5.00. The van der Waals surface area contributed by atoms with E-state index in [4.69, 9.17) is 0 Å². The first-order chi connectivity index (χ1) is 5.79. The Hall–Kier alpha value is -0.860. The van der Waals surface area contributed by atoms with Crippen LogP contribution < -0.4 is 0 Å². The average Bonchev–Trinajstić information content (AvgIpc) is 2.59. The van der Waals surface area contributed by atoms with Crippen molar-refractivity contribution in [2.75, 3.05) is 0 Å². The molecule has 0 saturated heterocycles. The number of aryl methyl sites for hydroxylation is 1. The molecule has 1 aliphatic carbocycles. The number of rotatable bonds is 1. The largest absolute Gasteiger partial charge is 0.264 e. The van der Waals surface area contributed by atoms with Crippen LogP contribution in [-0.2, 0) is 0 Å². The maximum atomic E-state index is 13.3. The van der Waals surface area contributed by atoms with Crippen molar-refractivity contribution >= 4 is 0 Å². The van der Waals surface area contributed by atoms with Crippen LogP contribution in [0.2, 0.25) is 0 Å². The number of alkyl halides is 1. The number of aromatic nitrogens is 2. The molecule has 2 nitrogen and oxygen atoms in total. The van der Waals surface area contributed by atoms with Crippen LogP contribution in [0, 0.1) is 6.92 Å². The Bertz CT molecular complexity index is 269. The highest BCUT2D eigenvalue weighted by atomic mass is 19.1. The predicted octanol–water partition coefficient (Wildman–Crippen LogP) is 2.25. The van der Waals surface area contributed by atoms with Gasteiger partial charge in [0.1, 0.15) is 6.17 Å². The Balaban J connectivity index is 2.24. The molecule has 2 unspecified atom stereocenters. The first-order valence-electron chi connectivity index (χ1n) is 4.43. The third kappa shape index (κ3) is 1.13. The molecule has 0 spiro atoms. The summed E-state index contributed by atoms with van der Waals surface area (Å²) in [5.74, 6) is 0. The van der Waals surface area contributed by atoms with Crippen molar-refractivity contribution < 1.29 is 4.39 Å². The molecule has 1 saturated carbocycles. The van der Waals surface area contributed by atoms with Gasteiger partial charge in [0.05, 0.1) is 6.04 Å². The molecule has 1 aliphatic rings. The van der Waals surface area contributed by atoms with Gasteiger partial charge >= 0.3 is 0 Å². The normalized spacial score (nSPS) is 29.5. The Morgan fingerprint density at radius 1 is 1.58 bits per heavy atom. The predicted molar refractivity (Wildman–Crippen MR) is 44.7 cm³/mol. The minimum atomic E-state index is -0.691. The highest BCUT2D eigenvalue weighted by Gasteiger charge is 2.29. The van der Waals surface area contributed by atoms with Crippen LogP contribution in [0.4, 0.5) is 4.39 Å². The molecule has 2 rings (SSSR count). The zero-order chi connectivity index (χ0) is 8.55. The lowest BCUT2D eigenvalue weighted by molar-refractivity contribution is 0.248. The van der Waals surface area contributed by atoms with E-state index in [1.165, 1.54) is 0 Å². The molecule has 0 bridgehead atoms. The first kappa shape index (κ1) is 7.77. The van der Waals surface area contributed by atoms with Gasteiger partial charge in [-0.25, -0.2) is 4.39 Å². The monoisotopic (exact) mass is 168 g/mol. The summed E-state index contributed by atoms with van der Waals surface area (Å²) >= 11 is 0. The molecule has 66 valence electrons. The van der Waals surface area contributed by atoms with Crippen LogP contribution in [0.15, 0.2) is 12.3 Å². The van der Waals surface area contributed by atoms with Gasteiger partial charge in [-0.1, -0.05) is 0 Å². The number of hydrogen-bond acceptors (Lipinski definition) is 1. The topological polar surface area (TPSA) is 17.8 Å². The van der Waals surface area contributed by atoms with Crippen molar-refractivity contribution in [2.45, 2.75) is 38.4 Å². The zero-order valence-electron chi connectivity index (χ0n) is 7.20. The van der Waals surface area contributed by atoms with Gasteiger partial charge in [0.25, 0.3) is 0 Å². The summed E-state index contributed by atoms with van der Waals surface area (Å²) in [6, 6.07) is 1.92. The number of halogens is 1. The molecule has 2 atom stereocenters. The van der Waals surface area contributed by atoms with Crippen LogP contribution in [0.3, 0.4) is 0 Å². The maximum absolute atomic E-state index is 13.3. The molecule has 1 aromatic heterocycles. The van der Waals surface area contributed by atoms with E-state index in [-0.39, 0.29) is 6.04 Å². The molecule has 0 radical (unpaired) electrons. The smallest absolute Gasteiger partial charge is 0.122 e. The van der Waals surface area contributed by atoms with E-state index in [0.29, 0.717) is 6.42 Å². The second-order valence-corrected chi connectivity index (χ2v) is 3.43. The van der Waals surface area contributed by atoms with Crippen LogP contribution >= 0.6 is 0 Å². The Kier molecular flexibility index (Phi) is 1.87. The van der Waals surface area contributed by atoms with E-state index < -0.39 is 6.17 Å². The van der Waals surface area contributed by atoms with Crippen molar-refractivity contribution in [3.63, 3.8) is 0 Å². The van der Waals surface area contributed by atoms with E-state index in [2.05, 4.69) is 5.10 Å². The van der Waals surface area contributed by atoms with Crippen LogP contribution in [-0.4, -0.2) is 16.0 Å². The molecule has 1 aromatic rings. The summed E-state index contributed by atoms with van der Waals surface area (Å²) in [5.41, 5.74) is 1.06. The first-order valence-corrected chi connectivity index (χ1v) is 4.43. The molecular weight excluding hydrogens is 155 g/mol. The molecule has 0 amide bonds. The summed E-state index contributed by atoms with van der Waals surface area (Å²) in [4.78, 5) is 0. The third-order valence-corrected chi connectivity index (χ3v) is 2.58. The van der Waals surface area contributed by atoms with E-state index in [9.17, 15) is 4.39 Å². The average molecular weight is 168 g/mol. The fourth-order valence-corrected chi connectivity index (χ4v) is 1.90. The SMILES string of the molecule is Cc1ccnn1C1CCCC1F. The van der Waals surface area contributed by atoms with Crippen molar-refractivity contribution in [2.24, 2.45) is 0 Å². The standard InChI is InChI=1S/C9H13FN2/c1-7-5-6-11-12(7)9-4-2-3-8(9)10/h5-6,8-9H,2-4H2,1H3. The molecule has 0 N–H and O–H groups in total. The molecule has 0 aromatic carbocycles. The fraction of sp³-hybridized carbons (Fsp3) is 0.667. The van der Waals surface area contributed by atoms with Gasteiger partial charge in [-0.3, -0.25) is 4.68 Å². The summed E-state index contributed by atoms with van der Waals surface area (Å²) in [5, 5.41) is 4.12. The summed E-state index contributed by atoms with van der Waals surface area (Å²) in [6.45, 7) is 1.97. The van der Waals surface area contributed by atoms with Crippen molar-refractivity contribution in [3.05, 3.63) is 18.0 Å². The number of hydrogen-bond donors (Lipinski definition) is 0. The summed E-state index contributed by atoms with van der Waals surface area (Å²) < 4.78 is 15.1. The summed E-state index contributed by atoms with van der Waals surface area (Å²) in [6.07, 6.45) is 3.67. The summed E-state index contributed by atoms with van der Waals surface area (Å²) in [7, 11) is 0. The van der Waals surface area contributed by atoms with E-state index in [1.54, 1.807) is 6.20 Å². The van der Waals surface area contributed by atoms with Gasteiger partial charge < -0.3 is 0 Å². The maximum Gasteiger partial charge on any atom is 0.122 e. The Labute approximate surface area is 71.4 Å². The zero-order valence-corrected chi connectivity index (χ0v) is 7.20. The molecule has 12 heavy (non-hydrogen) atoms. The second-order valence-electron chi connectivity index (χ2n) is 3.43. The van der Waals surface area contributed by atoms with Gasteiger partial charge in [-0.2, -0.15) is 5.10 Å². The lowest BCUT2D eigenvalue weighted by Crippen LogP contribution is -2.16. The van der Waals surface area contributed by atoms with Gasteiger partial charge in [-0.05, 0) is 32.3 Å². The molecule has 0 aliphatic heterocycles. The van der Waals surface area contributed by atoms with Crippen LogP contribution in [0.1, 0.15) is 31.0 Å². The van der Waals surface area contributed by atoms with Crippen molar-refractivity contribution in [1.29, 1.82) is 0 Å². The van der Waals surface area contributed by atoms with E-state index in [0.717, 1.165) is 18.5 Å². The third-order valence-electron chi connectivity index (χ3n) is 2.58. The number of nitrogens with zero attached hydrogens (tertiary/aromatic N) is 2. The fourth-order valence-electron chi connectivity index (χ4n) is 1.90. The molecule has 1 heterocycles. The van der Waals surface area contributed by atoms with Gasteiger partial charge in [0, 0.05) is 11.9 Å². The van der Waals surface area contributed by atoms with Crippen molar-refractivity contribution in [3.8, 4) is 0 Å². The van der Waals surface area contributed by atoms with Crippen LogP contribution in [0.25, 0.3) is 0 Å². The van der Waals surface area contributed by atoms with Gasteiger partial charge in [0.15, 0.2) is 0 Å². The molecule has 1 fully saturated rings. The molecular formula is C9H13FN2. The van der Waals surface area contributed by atoms with E-state index >= 15 is 0 Å². The lowest BCUT2D eigenvalue weighted by Gasteiger charge is -2.14. The minimum Gasteiger partial charge on any atom is -0.264 e. The van der Waals surface area contributed by atoms with Crippen molar-refractivity contribution in [1.82, 2.24) is 9.78 Å². The van der Waals surface area contributed by atoms with E-state index in [1.807, 2.05) is 17.7 Å². The Morgan fingerprint density at radius 2 is 2.42 bits per heavy atom.